The molecule has 0 spiro atoms. The minimum Gasteiger partial charge on any atom is -0.496 e. The number of ether oxygens (including phenoxy) is 3. The topological polar surface area (TPSA) is 85.4 Å². The van der Waals surface area contributed by atoms with E-state index in [-0.39, 0.29) is 24.7 Å². The Hall–Kier alpha value is -2.00. The van der Waals surface area contributed by atoms with Gasteiger partial charge in [-0.05, 0) is 6.92 Å². The molecule has 1 aliphatic heterocycles. The molecule has 1 saturated heterocycles. The maximum absolute atomic E-state index is 12.9. The fourth-order valence-electron chi connectivity index (χ4n) is 2.72. The number of piperazine rings is 1. The van der Waals surface area contributed by atoms with Crippen LogP contribution in [0.2, 0.25) is 0 Å². The molecule has 0 bridgehead atoms. The zero-order valence-corrected chi connectivity index (χ0v) is 15.8. The van der Waals surface area contributed by atoms with Gasteiger partial charge in [0.1, 0.15) is 5.75 Å². The molecule has 0 N–H and O–H groups in total. The van der Waals surface area contributed by atoms with Crippen LogP contribution in [-0.4, -0.2) is 76.8 Å². The van der Waals surface area contributed by atoms with E-state index in [4.69, 9.17) is 14.2 Å². The standard InChI is InChI=1S/C16H24N2O6S/c1-5-25(20,21)18-8-6-17(7-9-18)16(19)12-10-14(23-3)15(24-4)11-13(12)22-2/h10-11H,5-9H2,1-4H3. The molecule has 0 aliphatic carbocycles. The molecule has 0 atom stereocenters. The molecular weight excluding hydrogens is 348 g/mol. The highest BCUT2D eigenvalue weighted by Crippen LogP contribution is 2.35. The van der Waals surface area contributed by atoms with Gasteiger partial charge in [0.05, 0.1) is 32.6 Å². The van der Waals surface area contributed by atoms with Crippen LogP contribution < -0.4 is 14.2 Å². The van der Waals surface area contributed by atoms with Gasteiger partial charge in [0, 0.05) is 38.3 Å². The maximum atomic E-state index is 12.9. The Bertz CT molecular complexity index is 726. The van der Waals surface area contributed by atoms with Crippen LogP contribution in [0.1, 0.15) is 17.3 Å². The number of amides is 1. The summed E-state index contributed by atoms with van der Waals surface area (Å²) in [7, 11) is 1.24. The molecule has 8 nitrogen and oxygen atoms in total. The van der Waals surface area contributed by atoms with Crippen LogP contribution in [0.5, 0.6) is 17.2 Å². The Morgan fingerprint density at radius 1 is 0.960 bits per heavy atom. The summed E-state index contributed by atoms with van der Waals surface area (Å²) in [5.41, 5.74) is 0.354. The van der Waals surface area contributed by atoms with E-state index in [1.165, 1.54) is 25.6 Å². The number of methoxy groups -OCH3 is 3. The fourth-order valence-corrected chi connectivity index (χ4v) is 3.80. The summed E-state index contributed by atoms with van der Waals surface area (Å²) in [5.74, 6) is 1.11. The quantitative estimate of drug-likeness (QED) is 0.735. The van der Waals surface area contributed by atoms with Gasteiger partial charge in [-0.3, -0.25) is 4.79 Å². The number of rotatable bonds is 6. The smallest absolute Gasteiger partial charge is 0.257 e. The summed E-state index contributed by atoms with van der Waals surface area (Å²) < 4.78 is 41.0. The van der Waals surface area contributed by atoms with Crippen LogP contribution in [-0.2, 0) is 10.0 Å². The highest BCUT2D eigenvalue weighted by molar-refractivity contribution is 7.89. The van der Waals surface area contributed by atoms with E-state index in [2.05, 4.69) is 0 Å². The molecule has 1 fully saturated rings. The summed E-state index contributed by atoms with van der Waals surface area (Å²) in [5, 5.41) is 0. The van der Waals surface area contributed by atoms with Gasteiger partial charge >= 0.3 is 0 Å². The van der Waals surface area contributed by atoms with Gasteiger partial charge in [-0.1, -0.05) is 0 Å². The molecule has 0 radical (unpaired) electrons. The Balaban J connectivity index is 2.21. The van der Waals surface area contributed by atoms with Crippen molar-refractivity contribution in [3.63, 3.8) is 0 Å². The minimum absolute atomic E-state index is 0.0600. The Morgan fingerprint density at radius 3 is 1.96 bits per heavy atom. The summed E-state index contributed by atoms with van der Waals surface area (Å²) in [6.07, 6.45) is 0. The van der Waals surface area contributed by atoms with Gasteiger partial charge in [-0.2, -0.15) is 4.31 Å². The van der Waals surface area contributed by atoms with Crippen molar-refractivity contribution in [1.29, 1.82) is 0 Å². The third-order valence-electron chi connectivity index (χ3n) is 4.22. The van der Waals surface area contributed by atoms with Gasteiger partial charge < -0.3 is 19.1 Å². The van der Waals surface area contributed by atoms with Crippen LogP contribution in [0.15, 0.2) is 12.1 Å². The SMILES string of the molecule is CCS(=O)(=O)N1CCN(C(=O)c2cc(OC)c(OC)cc2OC)CC1. The highest BCUT2D eigenvalue weighted by atomic mass is 32.2. The number of hydrogen-bond donors (Lipinski definition) is 0. The molecule has 1 heterocycles. The van der Waals surface area contributed by atoms with E-state index in [0.29, 0.717) is 35.9 Å². The molecule has 1 aliphatic rings. The molecule has 0 aromatic heterocycles. The van der Waals surface area contributed by atoms with Crippen molar-refractivity contribution in [2.75, 3.05) is 53.3 Å². The largest absolute Gasteiger partial charge is 0.496 e. The van der Waals surface area contributed by atoms with E-state index in [1.807, 2.05) is 0 Å². The average molecular weight is 372 g/mol. The summed E-state index contributed by atoms with van der Waals surface area (Å²) >= 11 is 0. The first-order chi connectivity index (χ1) is 11.9. The first-order valence-electron chi connectivity index (χ1n) is 7.95. The number of carbonyl (C=O) groups is 1. The first-order valence-corrected chi connectivity index (χ1v) is 9.56. The van der Waals surface area contributed by atoms with Crippen LogP contribution in [0.3, 0.4) is 0 Å². The van der Waals surface area contributed by atoms with E-state index < -0.39 is 10.0 Å². The van der Waals surface area contributed by atoms with Gasteiger partial charge in [0.25, 0.3) is 5.91 Å². The molecule has 1 amide bonds. The Labute approximate surface area is 148 Å². The number of hydrogen-bond acceptors (Lipinski definition) is 6. The zero-order valence-electron chi connectivity index (χ0n) is 14.9. The number of nitrogens with zero attached hydrogens (tertiary/aromatic N) is 2. The Kier molecular flexibility index (Phi) is 6.12. The van der Waals surface area contributed by atoms with E-state index >= 15 is 0 Å². The van der Waals surface area contributed by atoms with E-state index in [1.54, 1.807) is 24.0 Å². The number of benzene rings is 1. The van der Waals surface area contributed by atoms with Crippen molar-refractivity contribution in [1.82, 2.24) is 9.21 Å². The van der Waals surface area contributed by atoms with Gasteiger partial charge in [0.2, 0.25) is 10.0 Å². The predicted molar refractivity (Wildman–Crippen MR) is 93.0 cm³/mol. The summed E-state index contributed by atoms with van der Waals surface area (Å²) in [6, 6.07) is 3.18. The molecule has 0 unspecified atom stereocenters. The summed E-state index contributed by atoms with van der Waals surface area (Å²) in [4.78, 5) is 14.5. The average Bonchev–Trinajstić information content (AvgIpc) is 2.66. The van der Waals surface area contributed by atoms with Gasteiger partial charge in [0.15, 0.2) is 11.5 Å². The first kappa shape index (κ1) is 19.3. The lowest BCUT2D eigenvalue weighted by atomic mass is 10.1. The monoisotopic (exact) mass is 372 g/mol. The van der Waals surface area contributed by atoms with E-state index in [0.717, 1.165) is 0 Å². The molecular formula is C16H24N2O6S. The van der Waals surface area contributed by atoms with Crippen molar-refractivity contribution in [3.05, 3.63) is 17.7 Å². The maximum Gasteiger partial charge on any atom is 0.257 e. The molecule has 25 heavy (non-hydrogen) atoms. The van der Waals surface area contributed by atoms with Crippen molar-refractivity contribution >= 4 is 15.9 Å². The van der Waals surface area contributed by atoms with Gasteiger partial charge in [-0.15, -0.1) is 0 Å². The lowest BCUT2D eigenvalue weighted by Crippen LogP contribution is -2.50. The number of sulfonamides is 1. The van der Waals surface area contributed by atoms with Crippen LogP contribution in [0.4, 0.5) is 0 Å². The zero-order chi connectivity index (χ0) is 18.6. The lowest BCUT2D eigenvalue weighted by Gasteiger charge is -2.34. The van der Waals surface area contributed by atoms with Gasteiger partial charge in [-0.25, -0.2) is 8.42 Å². The second kappa shape index (κ2) is 7.92. The lowest BCUT2D eigenvalue weighted by molar-refractivity contribution is 0.0694. The molecule has 9 heteroatoms. The fraction of sp³-hybridized carbons (Fsp3) is 0.562. The third-order valence-corrected chi connectivity index (χ3v) is 6.10. The minimum atomic E-state index is -3.23. The highest BCUT2D eigenvalue weighted by Gasteiger charge is 2.29. The Morgan fingerprint density at radius 2 is 1.48 bits per heavy atom. The van der Waals surface area contributed by atoms with Crippen molar-refractivity contribution in [3.8, 4) is 17.2 Å². The van der Waals surface area contributed by atoms with E-state index in [9.17, 15) is 13.2 Å². The third kappa shape index (κ3) is 3.98. The normalized spacial score (nSPS) is 15.8. The predicted octanol–water partition coefficient (Wildman–Crippen LogP) is 0.820. The van der Waals surface area contributed by atoms with Crippen molar-refractivity contribution < 1.29 is 27.4 Å². The van der Waals surface area contributed by atoms with Crippen LogP contribution in [0.25, 0.3) is 0 Å². The number of carbonyl (C=O) groups excluding carboxylic acids is 1. The van der Waals surface area contributed by atoms with Crippen LogP contribution in [0, 0.1) is 0 Å². The second-order valence-corrected chi connectivity index (χ2v) is 7.76. The molecule has 0 saturated carbocycles. The molecule has 2 rings (SSSR count). The second-order valence-electron chi connectivity index (χ2n) is 5.50. The van der Waals surface area contributed by atoms with Crippen molar-refractivity contribution in [2.45, 2.75) is 6.92 Å². The molecule has 140 valence electrons. The summed E-state index contributed by atoms with van der Waals surface area (Å²) in [6.45, 7) is 2.85. The molecule has 1 aromatic carbocycles. The van der Waals surface area contributed by atoms with Crippen molar-refractivity contribution in [2.24, 2.45) is 0 Å². The molecule has 1 aromatic rings. The van der Waals surface area contributed by atoms with Crippen LogP contribution >= 0.6 is 0 Å².